The van der Waals surface area contributed by atoms with Crippen molar-refractivity contribution in [3.8, 4) is 0 Å². The maximum absolute atomic E-state index is 12.3. The SMILES string of the molecule is O=C(NCCn1c(=O)[nH]c2cccnc21)[C@@H]1C[C@H]1c1ccc(Br)cc1. The third kappa shape index (κ3) is 3.24. The summed E-state index contributed by atoms with van der Waals surface area (Å²) >= 11 is 3.42. The minimum atomic E-state index is -0.206. The number of aromatic amines is 1. The van der Waals surface area contributed by atoms with Crippen LogP contribution in [0.15, 0.2) is 51.9 Å². The van der Waals surface area contributed by atoms with E-state index in [4.69, 9.17) is 0 Å². The molecule has 6 nitrogen and oxygen atoms in total. The number of halogens is 1. The number of aromatic nitrogens is 3. The van der Waals surface area contributed by atoms with Crippen molar-refractivity contribution in [1.29, 1.82) is 0 Å². The Morgan fingerprint density at radius 2 is 2.12 bits per heavy atom. The summed E-state index contributed by atoms with van der Waals surface area (Å²) < 4.78 is 2.59. The molecule has 0 spiro atoms. The zero-order chi connectivity index (χ0) is 17.4. The summed E-state index contributed by atoms with van der Waals surface area (Å²) in [6.07, 6.45) is 2.53. The van der Waals surface area contributed by atoms with Gasteiger partial charge in [0.15, 0.2) is 5.65 Å². The predicted octanol–water partition coefficient (Wildman–Crippen LogP) is 2.41. The molecule has 3 aromatic rings. The highest BCUT2D eigenvalue weighted by atomic mass is 79.9. The lowest BCUT2D eigenvalue weighted by Gasteiger charge is -2.06. The minimum Gasteiger partial charge on any atom is -0.354 e. The van der Waals surface area contributed by atoms with Gasteiger partial charge in [-0.2, -0.15) is 0 Å². The summed E-state index contributed by atoms with van der Waals surface area (Å²) in [4.78, 5) is 31.3. The molecule has 1 aromatic carbocycles. The molecule has 0 radical (unpaired) electrons. The zero-order valence-corrected chi connectivity index (χ0v) is 15.0. The first kappa shape index (κ1) is 16.1. The molecule has 1 aliphatic rings. The number of hydrogen-bond donors (Lipinski definition) is 2. The van der Waals surface area contributed by atoms with E-state index in [0.717, 1.165) is 10.9 Å². The molecular weight excluding hydrogens is 384 g/mol. The molecule has 1 amide bonds. The van der Waals surface area contributed by atoms with Crippen molar-refractivity contribution in [2.24, 2.45) is 5.92 Å². The summed E-state index contributed by atoms with van der Waals surface area (Å²) in [5, 5.41) is 2.94. The van der Waals surface area contributed by atoms with Crippen molar-refractivity contribution in [3.05, 3.63) is 63.1 Å². The van der Waals surface area contributed by atoms with Crippen molar-refractivity contribution < 1.29 is 4.79 Å². The number of imidazole rings is 1. The Bertz CT molecular complexity index is 977. The Balaban J connectivity index is 1.34. The second kappa shape index (κ2) is 6.48. The maximum atomic E-state index is 12.3. The van der Waals surface area contributed by atoms with Gasteiger partial charge in [0.1, 0.15) is 0 Å². The third-order valence-electron chi connectivity index (χ3n) is 4.59. The highest BCUT2D eigenvalue weighted by molar-refractivity contribution is 9.10. The second-order valence-electron chi connectivity index (χ2n) is 6.25. The van der Waals surface area contributed by atoms with Gasteiger partial charge in [-0.15, -0.1) is 0 Å². The molecule has 0 bridgehead atoms. The molecule has 1 fully saturated rings. The van der Waals surface area contributed by atoms with E-state index in [1.165, 1.54) is 5.56 Å². The second-order valence-corrected chi connectivity index (χ2v) is 7.16. The Morgan fingerprint density at radius 3 is 2.92 bits per heavy atom. The van der Waals surface area contributed by atoms with E-state index in [1.54, 1.807) is 16.8 Å². The number of carbonyl (C=O) groups excluding carboxylic acids is 1. The molecule has 7 heteroatoms. The standard InChI is InChI=1S/C18H17BrN4O2/c19-12-5-3-11(4-6-12)13-10-14(13)17(24)21-8-9-23-16-15(22-18(23)25)2-1-7-20-16/h1-7,13-14H,8-10H2,(H,21,24)(H,22,25)/t13-,14+/m0/s1. The van der Waals surface area contributed by atoms with Gasteiger partial charge in [0.25, 0.3) is 0 Å². The smallest absolute Gasteiger partial charge is 0.327 e. The van der Waals surface area contributed by atoms with Crippen molar-refractivity contribution in [1.82, 2.24) is 19.9 Å². The monoisotopic (exact) mass is 400 g/mol. The van der Waals surface area contributed by atoms with E-state index in [-0.39, 0.29) is 17.5 Å². The normalized spacial score (nSPS) is 19.1. The van der Waals surface area contributed by atoms with Crippen molar-refractivity contribution >= 4 is 33.0 Å². The number of nitrogens with one attached hydrogen (secondary N) is 2. The molecule has 2 atom stereocenters. The summed E-state index contributed by atoms with van der Waals surface area (Å²) in [7, 11) is 0. The fourth-order valence-electron chi connectivity index (χ4n) is 3.18. The number of nitrogens with zero attached hydrogens (tertiary/aromatic N) is 2. The molecule has 0 aliphatic heterocycles. The highest BCUT2D eigenvalue weighted by Gasteiger charge is 2.43. The number of amides is 1. The average Bonchev–Trinajstić information content (AvgIpc) is 3.34. The molecular formula is C18H17BrN4O2. The minimum absolute atomic E-state index is 0.0268. The quantitative estimate of drug-likeness (QED) is 0.689. The van der Waals surface area contributed by atoms with Gasteiger partial charge < -0.3 is 10.3 Å². The first-order chi connectivity index (χ1) is 12.1. The summed E-state index contributed by atoms with van der Waals surface area (Å²) in [5.41, 5.74) is 2.31. The fraction of sp³-hybridized carbons (Fsp3) is 0.278. The predicted molar refractivity (Wildman–Crippen MR) is 98.4 cm³/mol. The highest BCUT2D eigenvalue weighted by Crippen LogP contribution is 2.47. The largest absolute Gasteiger partial charge is 0.354 e. The molecule has 2 aromatic heterocycles. The van der Waals surface area contributed by atoms with Gasteiger partial charge in [0, 0.05) is 29.7 Å². The Morgan fingerprint density at radius 1 is 1.32 bits per heavy atom. The van der Waals surface area contributed by atoms with Crippen molar-refractivity contribution in [2.75, 3.05) is 6.54 Å². The van der Waals surface area contributed by atoms with Crippen LogP contribution in [-0.2, 0) is 11.3 Å². The maximum Gasteiger partial charge on any atom is 0.327 e. The number of fused-ring (bicyclic) bond motifs is 1. The Labute approximate surface area is 152 Å². The van der Waals surface area contributed by atoms with E-state index >= 15 is 0 Å². The number of hydrogen-bond acceptors (Lipinski definition) is 3. The van der Waals surface area contributed by atoms with Crippen LogP contribution in [0.4, 0.5) is 0 Å². The van der Waals surface area contributed by atoms with Crippen LogP contribution in [0.2, 0.25) is 0 Å². The third-order valence-corrected chi connectivity index (χ3v) is 5.12. The van der Waals surface area contributed by atoms with Crippen LogP contribution in [0.5, 0.6) is 0 Å². The van der Waals surface area contributed by atoms with Crippen LogP contribution in [-0.4, -0.2) is 27.0 Å². The fourth-order valence-corrected chi connectivity index (χ4v) is 3.45. The molecule has 2 N–H and O–H groups in total. The summed E-state index contributed by atoms with van der Waals surface area (Å²) in [6.45, 7) is 0.809. The van der Waals surface area contributed by atoms with E-state index in [1.807, 2.05) is 18.2 Å². The lowest BCUT2D eigenvalue weighted by atomic mass is 10.1. The first-order valence-electron chi connectivity index (χ1n) is 8.20. The number of rotatable bonds is 5. The molecule has 4 rings (SSSR count). The van der Waals surface area contributed by atoms with Gasteiger partial charge in [-0.25, -0.2) is 9.78 Å². The number of carbonyl (C=O) groups is 1. The Kier molecular flexibility index (Phi) is 4.17. The van der Waals surface area contributed by atoms with Crippen molar-refractivity contribution in [3.63, 3.8) is 0 Å². The summed E-state index contributed by atoms with van der Waals surface area (Å²) in [5.74, 6) is 0.373. The van der Waals surface area contributed by atoms with Crippen molar-refractivity contribution in [2.45, 2.75) is 18.9 Å². The van der Waals surface area contributed by atoms with E-state index < -0.39 is 0 Å². The van der Waals surface area contributed by atoms with Gasteiger partial charge in [-0.3, -0.25) is 9.36 Å². The summed E-state index contributed by atoms with van der Waals surface area (Å²) in [6, 6.07) is 11.7. The lowest BCUT2D eigenvalue weighted by molar-refractivity contribution is -0.122. The van der Waals surface area contributed by atoms with Crippen LogP contribution >= 0.6 is 15.9 Å². The van der Waals surface area contributed by atoms with Gasteiger partial charge in [0.05, 0.1) is 5.52 Å². The molecule has 1 saturated carbocycles. The molecule has 2 heterocycles. The van der Waals surface area contributed by atoms with E-state index in [0.29, 0.717) is 30.2 Å². The molecule has 0 unspecified atom stereocenters. The van der Waals surface area contributed by atoms with Crippen LogP contribution in [0, 0.1) is 5.92 Å². The van der Waals surface area contributed by atoms with Gasteiger partial charge in [-0.05, 0) is 42.2 Å². The van der Waals surface area contributed by atoms with E-state index in [9.17, 15) is 9.59 Å². The van der Waals surface area contributed by atoms with Crippen LogP contribution < -0.4 is 11.0 Å². The molecule has 1 aliphatic carbocycles. The molecule has 0 saturated heterocycles. The van der Waals surface area contributed by atoms with Gasteiger partial charge in [0.2, 0.25) is 5.91 Å². The van der Waals surface area contributed by atoms with Gasteiger partial charge >= 0.3 is 5.69 Å². The van der Waals surface area contributed by atoms with Crippen LogP contribution in [0.3, 0.4) is 0 Å². The number of benzene rings is 1. The lowest BCUT2D eigenvalue weighted by Crippen LogP contribution is -2.31. The average molecular weight is 401 g/mol. The first-order valence-corrected chi connectivity index (χ1v) is 8.99. The topological polar surface area (TPSA) is 79.8 Å². The zero-order valence-electron chi connectivity index (χ0n) is 13.4. The number of H-pyrrole nitrogens is 1. The molecule has 25 heavy (non-hydrogen) atoms. The van der Waals surface area contributed by atoms with Crippen LogP contribution in [0.25, 0.3) is 11.2 Å². The number of pyridine rings is 1. The van der Waals surface area contributed by atoms with Gasteiger partial charge in [-0.1, -0.05) is 28.1 Å². The molecule has 128 valence electrons. The van der Waals surface area contributed by atoms with E-state index in [2.05, 4.69) is 43.3 Å². The van der Waals surface area contributed by atoms with Crippen LogP contribution in [0.1, 0.15) is 17.9 Å². The Hall–Kier alpha value is -2.41.